The van der Waals surface area contributed by atoms with E-state index in [-0.39, 0.29) is 17.8 Å². The smallest absolute Gasteiger partial charge is 0.130 e. The van der Waals surface area contributed by atoms with Crippen LogP contribution < -0.4 is 5.32 Å². The molecule has 0 aliphatic heterocycles. The second-order valence-electron chi connectivity index (χ2n) is 5.06. The average Bonchev–Trinajstić information content (AvgIpc) is 2.48. The number of rotatable bonds is 5. The van der Waals surface area contributed by atoms with E-state index in [9.17, 15) is 4.39 Å². The van der Waals surface area contributed by atoms with Crippen molar-refractivity contribution in [1.82, 2.24) is 10.3 Å². The molecule has 2 rings (SSSR count). The van der Waals surface area contributed by atoms with E-state index in [0.29, 0.717) is 11.1 Å². The summed E-state index contributed by atoms with van der Waals surface area (Å²) in [5, 5.41) is 3.39. The highest BCUT2D eigenvalue weighted by Gasteiger charge is 2.24. The minimum absolute atomic E-state index is 0.0743. The number of hydrogen-bond donors (Lipinski definition) is 1. The molecule has 0 aliphatic rings. The van der Waals surface area contributed by atoms with Gasteiger partial charge in [-0.3, -0.25) is 4.98 Å². The van der Waals surface area contributed by atoms with E-state index < -0.39 is 0 Å². The Bertz CT molecular complexity index is 554. The molecule has 0 radical (unpaired) electrons. The summed E-state index contributed by atoms with van der Waals surface area (Å²) < 4.78 is 14.4. The minimum Gasteiger partial charge on any atom is -0.310 e. The fraction of sp³-hybridized carbons (Fsp3) is 0.353. The Morgan fingerprint density at radius 2 is 2.00 bits per heavy atom. The van der Waals surface area contributed by atoms with Crippen molar-refractivity contribution in [3.63, 3.8) is 0 Å². The van der Waals surface area contributed by atoms with Crippen LogP contribution in [0.2, 0.25) is 0 Å². The van der Waals surface area contributed by atoms with Gasteiger partial charge in [-0.15, -0.1) is 0 Å². The topological polar surface area (TPSA) is 24.9 Å². The van der Waals surface area contributed by atoms with E-state index in [0.717, 1.165) is 12.2 Å². The molecule has 0 spiro atoms. The Hall–Kier alpha value is -1.74. The second kappa shape index (κ2) is 6.62. The van der Waals surface area contributed by atoms with Gasteiger partial charge in [-0.05, 0) is 31.2 Å². The van der Waals surface area contributed by atoms with E-state index in [2.05, 4.69) is 17.2 Å². The highest BCUT2D eigenvalue weighted by molar-refractivity contribution is 5.30. The predicted octanol–water partition coefficient (Wildman–Crippen LogP) is 3.98. The van der Waals surface area contributed by atoms with Crippen LogP contribution in [-0.4, -0.2) is 11.5 Å². The van der Waals surface area contributed by atoms with Crippen molar-refractivity contribution < 1.29 is 4.39 Å². The Kier molecular flexibility index (Phi) is 4.85. The molecule has 1 heterocycles. The van der Waals surface area contributed by atoms with Crippen molar-refractivity contribution in [1.29, 1.82) is 0 Å². The first-order valence-corrected chi connectivity index (χ1v) is 7.04. The van der Waals surface area contributed by atoms with Crippen LogP contribution in [0.1, 0.15) is 42.6 Å². The molecule has 1 N–H and O–H groups in total. The van der Waals surface area contributed by atoms with Gasteiger partial charge in [0.25, 0.3) is 0 Å². The molecule has 106 valence electrons. The number of nitrogens with one attached hydrogen (secondary N) is 1. The number of aromatic nitrogens is 1. The summed E-state index contributed by atoms with van der Waals surface area (Å²) in [6, 6.07) is 11.3. The standard InChI is InChI=1S/C17H21FN2/c1-4-19-17(13(3)15-10-5-6-11-20-15)14-9-7-8-12(2)16(14)18/h5-11,13,17,19H,4H2,1-3H3. The monoisotopic (exact) mass is 272 g/mol. The van der Waals surface area contributed by atoms with Gasteiger partial charge in [0.05, 0.1) is 0 Å². The molecule has 20 heavy (non-hydrogen) atoms. The lowest BCUT2D eigenvalue weighted by Crippen LogP contribution is -2.27. The molecular formula is C17H21FN2. The zero-order valence-electron chi connectivity index (χ0n) is 12.2. The van der Waals surface area contributed by atoms with Gasteiger partial charge in [-0.1, -0.05) is 38.1 Å². The summed E-state index contributed by atoms with van der Waals surface area (Å²) >= 11 is 0. The number of aryl methyl sites for hydroxylation is 1. The van der Waals surface area contributed by atoms with Crippen LogP contribution in [-0.2, 0) is 0 Å². The SMILES string of the molecule is CCNC(c1cccc(C)c1F)C(C)c1ccccn1. The van der Waals surface area contributed by atoms with Crippen LogP contribution in [0.3, 0.4) is 0 Å². The van der Waals surface area contributed by atoms with Crippen molar-refractivity contribution in [2.24, 2.45) is 0 Å². The molecule has 0 amide bonds. The third kappa shape index (κ3) is 3.05. The van der Waals surface area contributed by atoms with Gasteiger partial charge in [-0.25, -0.2) is 4.39 Å². The van der Waals surface area contributed by atoms with E-state index >= 15 is 0 Å². The van der Waals surface area contributed by atoms with Gasteiger partial charge >= 0.3 is 0 Å². The number of halogens is 1. The van der Waals surface area contributed by atoms with E-state index in [1.165, 1.54) is 0 Å². The lowest BCUT2D eigenvalue weighted by molar-refractivity contribution is 0.448. The van der Waals surface area contributed by atoms with Crippen LogP contribution >= 0.6 is 0 Å². The van der Waals surface area contributed by atoms with Gasteiger partial charge in [0, 0.05) is 29.4 Å². The predicted molar refractivity (Wildman–Crippen MR) is 80.2 cm³/mol. The van der Waals surface area contributed by atoms with Gasteiger partial charge in [-0.2, -0.15) is 0 Å². The largest absolute Gasteiger partial charge is 0.310 e. The summed E-state index contributed by atoms with van der Waals surface area (Å²) in [6.07, 6.45) is 1.78. The molecule has 0 bridgehead atoms. The first kappa shape index (κ1) is 14.7. The van der Waals surface area contributed by atoms with Crippen LogP contribution in [0.25, 0.3) is 0 Å². The maximum atomic E-state index is 14.4. The third-order valence-electron chi connectivity index (χ3n) is 3.64. The van der Waals surface area contributed by atoms with Crippen molar-refractivity contribution in [3.8, 4) is 0 Å². The summed E-state index contributed by atoms with van der Waals surface area (Å²) in [4.78, 5) is 4.40. The van der Waals surface area contributed by atoms with E-state index in [1.807, 2.05) is 37.3 Å². The summed E-state index contributed by atoms with van der Waals surface area (Å²) in [6.45, 7) is 6.70. The maximum absolute atomic E-state index is 14.4. The van der Waals surface area contributed by atoms with Crippen LogP contribution in [0.15, 0.2) is 42.6 Å². The molecule has 2 unspecified atom stereocenters. The molecule has 0 saturated heterocycles. The number of likely N-dealkylation sites (N-methyl/N-ethyl adjacent to an activating group) is 1. The van der Waals surface area contributed by atoms with Crippen molar-refractivity contribution in [3.05, 3.63) is 65.2 Å². The Morgan fingerprint density at radius 3 is 2.65 bits per heavy atom. The normalized spacial score (nSPS) is 14.0. The number of benzene rings is 1. The van der Waals surface area contributed by atoms with Crippen LogP contribution in [0.5, 0.6) is 0 Å². The molecule has 3 heteroatoms. The fourth-order valence-corrected chi connectivity index (χ4v) is 2.50. The fourth-order valence-electron chi connectivity index (χ4n) is 2.50. The Labute approximate surface area is 120 Å². The first-order valence-electron chi connectivity index (χ1n) is 7.04. The molecule has 2 nitrogen and oxygen atoms in total. The quantitative estimate of drug-likeness (QED) is 0.890. The molecule has 0 fully saturated rings. The number of nitrogens with zero attached hydrogens (tertiary/aromatic N) is 1. The third-order valence-corrected chi connectivity index (χ3v) is 3.64. The maximum Gasteiger partial charge on any atom is 0.130 e. The number of pyridine rings is 1. The molecule has 0 saturated carbocycles. The number of hydrogen-bond acceptors (Lipinski definition) is 2. The lowest BCUT2D eigenvalue weighted by atomic mass is 9.90. The summed E-state index contributed by atoms with van der Waals surface area (Å²) in [5.74, 6) is -0.0197. The molecule has 1 aromatic heterocycles. The zero-order chi connectivity index (χ0) is 14.5. The van der Waals surface area contributed by atoms with Gasteiger partial charge in [0.2, 0.25) is 0 Å². The van der Waals surface area contributed by atoms with Gasteiger partial charge < -0.3 is 5.32 Å². The highest BCUT2D eigenvalue weighted by Crippen LogP contribution is 2.31. The van der Waals surface area contributed by atoms with Crippen LogP contribution in [0, 0.1) is 12.7 Å². The summed E-state index contributed by atoms with van der Waals surface area (Å²) in [5.41, 5.74) is 2.36. The second-order valence-corrected chi connectivity index (χ2v) is 5.06. The first-order chi connectivity index (χ1) is 9.65. The minimum atomic E-state index is -0.124. The van der Waals surface area contributed by atoms with E-state index in [1.54, 1.807) is 19.2 Å². The molecule has 2 atom stereocenters. The van der Waals surface area contributed by atoms with Crippen LogP contribution in [0.4, 0.5) is 4.39 Å². The van der Waals surface area contributed by atoms with Gasteiger partial charge in [0.15, 0.2) is 0 Å². The zero-order valence-corrected chi connectivity index (χ0v) is 12.2. The van der Waals surface area contributed by atoms with E-state index in [4.69, 9.17) is 0 Å². The molecule has 1 aromatic carbocycles. The Balaban J connectivity index is 2.38. The van der Waals surface area contributed by atoms with Crippen molar-refractivity contribution in [2.75, 3.05) is 6.54 Å². The van der Waals surface area contributed by atoms with Crippen molar-refractivity contribution in [2.45, 2.75) is 32.7 Å². The summed E-state index contributed by atoms with van der Waals surface area (Å²) in [7, 11) is 0. The average molecular weight is 272 g/mol. The molecular weight excluding hydrogens is 251 g/mol. The Morgan fingerprint density at radius 1 is 1.20 bits per heavy atom. The molecule has 0 aliphatic carbocycles. The molecule has 2 aromatic rings. The van der Waals surface area contributed by atoms with Crippen molar-refractivity contribution >= 4 is 0 Å². The lowest BCUT2D eigenvalue weighted by Gasteiger charge is -2.25. The van der Waals surface area contributed by atoms with Gasteiger partial charge in [0.1, 0.15) is 5.82 Å². The highest BCUT2D eigenvalue weighted by atomic mass is 19.1.